The van der Waals surface area contributed by atoms with Gasteiger partial charge in [-0.05, 0) is 192 Å². The zero-order chi connectivity index (χ0) is 44.4. The lowest BCUT2D eigenvalue weighted by Crippen LogP contribution is -2.10. The number of rotatable bonds is 16. The van der Waals surface area contributed by atoms with Crippen molar-refractivity contribution in [3.63, 3.8) is 0 Å². The van der Waals surface area contributed by atoms with Gasteiger partial charge >= 0.3 is 0 Å². The summed E-state index contributed by atoms with van der Waals surface area (Å²) in [6, 6.07) is 77.1. The van der Waals surface area contributed by atoms with Gasteiger partial charge in [0.1, 0.15) is 17.2 Å². The molecule has 0 unspecified atom stereocenters. The van der Waals surface area contributed by atoms with Crippen molar-refractivity contribution in [1.29, 1.82) is 0 Å². The molecule has 0 aromatic heterocycles. The highest BCUT2D eigenvalue weighted by Gasteiger charge is 2.16. The Bertz CT molecular complexity index is 2790. The van der Waals surface area contributed by atoms with Gasteiger partial charge in [0.15, 0.2) is 0 Å². The van der Waals surface area contributed by atoms with Crippen LogP contribution >= 0.6 is 0 Å². The Morgan fingerprint density at radius 1 is 0.215 bits per heavy atom. The molecule has 0 saturated heterocycles. The number of phenolic OH excluding ortho intramolecular Hbond substituents is 3. The van der Waals surface area contributed by atoms with Crippen LogP contribution in [0.25, 0.3) is 11.1 Å². The van der Waals surface area contributed by atoms with Crippen molar-refractivity contribution in [2.75, 3.05) is 9.80 Å². The van der Waals surface area contributed by atoms with E-state index >= 15 is 0 Å². The van der Waals surface area contributed by atoms with Gasteiger partial charge in [0.05, 0.1) is 0 Å². The summed E-state index contributed by atoms with van der Waals surface area (Å²) in [5.41, 5.74) is 16.2. The molecule has 5 nitrogen and oxygen atoms in total. The fraction of sp³-hybridized carbons (Fsp3) is 0.100. The van der Waals surface area contributed by atoms with Crippen LogP contribution in [0, 0.1) is 0 Å². The number of nitrogens with zero attached hydrogens (tertiary/aromatic N) is 2. The first kappa shape index (κ1) is 42.3. The van der Waals surface area contributed by atoms with Gasteiger partial charge in [-0.3, -0.25) is 0 Å². The van der Waals surface area contributed by atoms with Crippen molar-refractivity contribution < 1.29 is 15.3 Å². The summed E-state index contributed by atoms with van der Waals surface area (Å²) in [6.07, 6.45) is 5.46. The molecule has 5 heteroatoms. The lowest BCUT2D eigenvalue weighted by Gasteiger charge is -2.26. The fourth-order valence-electron chi connectivity index (χ4n) is 8.37. The standard InChI is InChI=1S/C60H52N2O3/c63-58-38-18-47(19-39-58)9-6-44-12-28-53(29-13-44)61(52-4-2-1-3-5-52)56-34-24-50(25-35-56)51-26-36-57(37-27-51)62(54-30-14-45(15-31-54)7-10-48-20-40-59(64)41-21-48)55-32-16-46(17-33-55)8-11-49-22-42-60(65)43-23-49/h1-5,12-43,63-65H,6-11H2. The van der Waals surface area contributed by atoms with Gasteiger partial charge in [-0.1, -0.05) is 115 Å². The Morgan fingerprint density at radius 3 is 0.662 bits per heavy atom. The lowest BCUT2D eigenvalue weighted by atomic mass is 10.0. The Balaban J connectivity index is 0.941. The summed E-state index contributed by atoms with van der Waals surface area (Å²) in [5.74, 6) is 0.874. The van der Waals surface area contributed by atoms with Gasteiger partial charge in [0.25, 0.3) is 0 Å². The molecule has 0 heterocycles. The molecule has 0 fully saturated rings. The largest absolute Gasteiger partial charge is 0.508 e. The number of para-hydroxylation sites is 1. The topological polar surface area (TPSA) is 67.2 Å². The third-order valence-corrected chi connectivity index (χ3v) is 12.1. The summed E-state index contributed by atoms with van der Waals surface area (Å²) in [4.78, 5) is 4.61. The molecule has 9 aromatic rings. The predicted octanol–water partition coefficient (Wildman–Crippen LogP) is 14.8. The first-order valence-corrected chi connectivity index (χ1v) is 22.4. The van der Waals surface area contributed by atoms with E-state index in [1.165, 1.54) is 33.4 Å². The molecule has 0 amide bonds. The third kappa shape index (κ3) is 10.8. The SMILES string of the molecule is Oc1ccc(CCc2ccc(N(c3ccccc3)c3ccc(-c4ccc(N(c5ccc(CCc6ccc(O)cc6)cc5)c5ccc(CCc6ccc(O)cc6)cc5)cc4)cc3)cc2)cc1. The first-order chi connectivity index (χ1) is 31.9. The highest BCUT2D eigenvalue weighted by molar-refractivity contribution is 5.81. The molecule has 0 atom stereocenters. The highest BCUT2D eigenvalue weighted by atomic mass is 16.3. The van der Waals surface area contributed by atoms with Crippen LogP contribution < -0.4 is 9.80 Å². The minimum atomic E-state index is 0.290. The summed E-state index contributed by atoms with van der Waals surface area (Å²) in [5, 5.41) is 29.1. The van der Waals surface area contributed by atoms with Gasteiger partial charge in [-0.15, -0.1) is 0 Å². The number of phenols is 3. The number of benzene rings is 9. The Labute approximate surface area is 382 Å². The summed E-state index contributed by atoms with van der Waals surface area (Å²) >= 11 is 0. The molecular weight excluding hydrogens is 797 g/mol. The van der Waals surface area contributed by atoms with Crippen molar-refractivity contribution in [3.05, 3.63) is 258 Å². The summed E-state index contributed by atoms with van der Waals surface area (Å²) in [6.45, 7) is 0. The Hall–Kier alpha value is -8.02. The summed E-state index contributed by atoms with van der Waals surface area (Å²) in [7, 11) is 0. The molecule has 9 aromatic carbocycles. The van der Waals surface area contributed by atoms with Gasteiger partial charge < -0.3 is 25.1 Å². The summed E-state index contributed by atoms with van der Waals surface area (Å²) < 4.78 is 0. The van der Waals surface area contributed by atoms with Crippen LogP contribution in [0.5, 0.6) is 17.2 Å². The van der Waals surface area contributed by atoms with Crippen LogP contribution in [0.3, 0.4) is 0 Å². The second-order valence-corrected chi connectivity index (χ2v) is 16.6. The maximum absolute atomic E-state index is 9.71. The van der Waals surface area contributed by atoms with Crippen molar-refractivity contribution in [3.8, 4) is 28.4 Å². The predicted molar refractivity (Wildman–Crippen MR) is 268 cm³/mol. The van der Waals surface area contributed by atoms with Crippen molar-refractivity contribution in [2.24, 2.45) is 0 Å². The molecular formula is C60H52N2O3. The normalized spacial score (nSPS) is 11.0. The van der Waals surface area contributed by atoms with E-state index in [9.17, 15) is 15.3 Å². The Kier molecular flexibility index (Phi) is 13.0. The van der Waals surface area contributed by atoms with Crippen LogP contribution in [-0.2, 0) is 38.5 Å². The Morgan fingerprint density at radius 2 is 0.415 bits per heavy atom. The molecule has 0 aliphatic carbocycles. The molecule has 0 saturated carbocycles. The van der Waals surface area contributed by atoms with Crippen LogP contribution in [0.15, 0.2) is 224 Å². The van der Waals surface area contributed by atoms with E-state index < -0.39 is 0 Å². The quantitative estimate of drug-likeness (QED) is 0.0904. The van der Waals surface area contributed by atoms with E-state index in [1.54, 1.807) is 36.4 Å². The molecule has 0 aliphatic rings. The van der Waals surface area contributed by atoms with Crippen LogP contribution in [0.4, 0.5) is 34.1 Å². The maximum atomic E-state index is 9.71. The van der Waals surface area contributed by atoms with E-state index in [2.05, 4.69) is 161 Å². The number of hydrogen-bond acceptors (Lipinski definition) is 5. The highest BCUT2D eigenvalue weighted by Crippen LogP contribution is 2.38. The van der Waals surface area contributed by atoms with Crippen molar-refractivity contribution >= 4 is 34.1 Å². The molecule has 0 radical (unpaired) electrons. The second-order valence-electron chi connectivity index (χ2n) is 16.6. The van der Waals surface area contributed by atoms with Crippen molar-refractivity contribution in [2.45, 2.75) is 38.5 Å². The number of aryl methyl sites for hydroxylation is 6. The molecule has 0 aliphatic heterocycles. The fourth-order valence-corrected chi connectivity index (χ4v) is 8.37. The van der Waals surface area contributed by atoms with Gasteiger partial charge in [-0.2, -0.15) is 0 Å². The smallest absolute Gasteiger partial charge is 0.115 e. The van der Waals surface area contributed by atoms with E-state index in [4.69, 9.17) is 0 Å². The lowest BCUT2D eigenvalue weighted by molar-refractivity contribution is 0.474. The maximum Gasteiger partial charge on any atom is 0.115 e. The van der Waals surface area contributed by atoms with E-state index in [-0.39, 0.29) is 11.5 Å². The molecule has 320 valence electrons. The van der Waals surface area contributed by atoms with Gasteiger partial charge in [0.2, 0.25) is 0 Å². The van der Waals surface area contributed by atoms with Crippen LogP contribution in [0.2, 0.25) is 0 Å². The van der Waals surface area contributed by atoms with Crippen LogP contribution in [0.1, 0.15) is 33.4 Å². The average Bonchev–Trinajstić information content (AvgIpc) is 3.36. The van der Waals surface area contributed by atoms with Gasteiger partial charge in [0, 0.05) is 34.1 Å². The number of anilines is 6. The van der Waals surface area contributed by atoms with Crippen LogP contribution in [-0.4, -0.2) is 15.3 Å². The zero-order valence-electron chi connectivity index (χ0n) is 36.3. The molecule has 0 spiro atoms. The first-order valence-electron chi connectivity index (χ1n) is 22.4. The average molecular weight is 849 g/mol. The zero-order valence-corrected chi connectivity index (χ0v) is 36.3. The molecule has 65 heavy (non-hydrogen) atoms. The second kappa shape index (κ2) is 20.0. The van der Waals surface area contributed by atoms with Gasteiger partial charge in [-0.25, -0.2) is 0 Å². The van der Waals surface area contributed by atoms with E-state index in [0.29, 0.717) is 5.75 Å². The number of hydrogen-bond donors (Lipinski definition) is 3. The minimum Gasteiger partial charge on any atom is -0.508 e. The van der Waals surface area contributed by atoms with Crippen molar-refractivity contribution in [1.82, 2.24) is 0 Å². The number of aromatic hydroxyl groups is 3. The molecule has 9 rings (SSSR count). The monoisotopic (exact) mass is 848 g/mol. The molecule has 0 bridgehead atoms. The third-order valence-electron chi connectivity index (χ3n) is 12.1. The minimum absolute atomic E-state index is 0.290. The van der Waals surface area contributed by atoms with E-state index in [0.717, 1.165) is 83.8 Å². The van der Waals surface area contributed by atoms with E-state index in [1.807, 2.05) is 36.4 Å². The molecule has 3 N–H and O–H groups in total.